The number of methoxy groups -OCH3 is 1. The summed E-state index contributed by atoms with van der Waals surface area (Å²) >= 11 is 0. The molecular formula is C19H21N3O3. The Morgan fingerprint density at radius 1 is 1.20 bits per heavy atom. The molecule has 130 valence electrons. The van der Waals surface area contributed by atoms with Crippen molar-refractivity contribution in [2.75, 3.05) is 20.2 Å². The third-order valence-corrected chi connectivity index (χ3v) is 4.07. The molecule has 1 amide bonds. The Hall–Kier alpha value is -3.02. The van der Waals surface area contributed by atoms with Crippen molar-refractivity contribution in [3.8, 4) is 22.9 Å². The standard InChI is InChI=1S/C19H21N3O3/c1-4-21(5-2)19(23)17-13-16(18-7-6-12-25-18)20-22(17)14-8-10-15(24-3)11-9-14/h6-13H,4-5H2,1-3H3. The normalized spacial score (nSPS) is 10.7. The van der Waals surface area contributed by atoms with Gasteiger partial charge in [-0.1, -0.05) is 0 Å². The summed E-state index contributed by atoms with van der Waals surface area (Å²) in [5.41, 5.74) is 1.91. The van der Waals surface area contributed by atoms with Crippen LogP contribution in [0.3, 0.4) is 0 Å². The number of furan rings is 1. The van der Waals surface area contributed by atoms with Gasteiger partial charge in [0.05, 0.1) is 19.1 Å². The van der Waals surface area contributed by atoms with Gasteiger partial charge in [-0.2, -0.15) is 5.10 Å². The molecule has 0 radical (unpaired) electrons. The van der Waals surface area contributed by atoms with Crippen molar-refractivity contribution in [1.82, 2.24) is 14.7 Å². The van der Waals surface area contributed by atoms with E-state index in [-0.39, 0.29) is 5.91 Å². The van der Waals surface area contributed by atoms with Crippen molar-refractivity contribution in [1.29, 1.82) is 0 Å². The van der Waals surface area contributed by atoms with Gasteiger partial charge < -0.3 is 14.1 Å². The smallest absolute Gasteiger partial charge is 0.272 e. The minimum atomic E-state index is -0.0638. The number of carbonyl (C=O) groups is 1. The summed E-state index contributed by atoms with van der Waals surface area (Å²) in [5.74, 6) is 1.31. The van der Waals surface area contributed by atoms with Crippen LogP contribution in [0.4, 0.5) is 0 Å². The fourth-order valence-electron chi connectivity index (χ4n) is 2.67. The van der Waals surface area contributed by atoms with Gasteiger partial charge in [-0.05, 0) is 50.2 Å². The third kappa shape index (κ3) is 3.28. The molecular weight excluding hydrogens is 318 g/mol. The van der Waals surface area contributed by atoms with E-state index >= 15 is 0 Å². The number of ether oxygens (including phenoxy) is 1. The second-order valence-electron chi connectivity index (χ2n) is 5.48. The van der Waals surface area contributed by atoms with E-state index in [0.717, 1.165) is 11.4 Å². The van der Waals surface area contributed by atoms with Crippen LogP contribution in [-0.4, -0.2) is 40.8 Å². The van der Waals surface area contributed by atoms with E-state index in [1.54, 1.807) is 35.1 Å². The molecule has 0 bridgehead atoms. The molecule has 1 aromatic carbocycles. The van der Waals surface area contributed by atoms with Crippen molar-refractivity contribution in [2.24, 2.45) is 0 Å². The number of nitrogens with zero attached hydrogens (tertiary/aromatic N) is 3. The minimum absolute atomic E-state index is 0.0638. The van der Waals surface area contributed by atoms with E-state index in [1.165, 1.54) is 0 Å². The highest BCUT2D eigenvalue weighted by molar-refractivity contribution is 5.94. The highest BCUT2D eigenvalue weighted by atomic mass is 16.5. The molecule has 0 aliphatic heterocycles. The molecule has 2 aromatic heterocycles. The Morgan fingerprint density at radius 3 is 2.48 bits per heavy atom. The van der Waals surface area contributed by atoms with Gasteiger partial charge in [0, 0.05) is 19.2 Å². The zero-order valence-electron chi connectivity index (χ0n) is 14.6. The number of amides is 1. The molecule has 0 atom stereocenters. The molecule has 3 rings (SSSR count). The maximum atomic E-state index is 12.9. The van der Waals surface area contributed by atoms with Gasteiger partial charge in [-0.15, -0.1) is 0 Å². The van der Waals surface area contributed by atoms with Gasteiger partial charge in [0.25, 0.3) is 5.91 Å². The average Bonchev–Trinajstić information content (AvgIpc) is 3.32. The van der Waals surface area contributed by atoms with Gasteiger partial charge in [0.1, 0.15) is 17.1 Å². The van der Waals surface area contributed by atoms with Crippen LogP contribution < -0.4 is 4.74 Å². The number of hydrogen-bond acceptors (Lipinski definition) is 4. The van der Waals surface area contributed by atoms with E-state index in [0.29, 0.717) is 30.2 Å². The molecule has 0 aliphatic rings. The van der Waals surface area contributed by atoms with Crippen molar-refractivity contribution >= 4 is 5.91 Å². The Balaban J connectivity index is 2.09. The predicted octanol–water partition coefficient (Wildman–Crippen LogP) is 3.62. The van der Waals surface area contributed by atoms with Crippen LogP contribution in [0.1, 0.15) is 24.3 Å². The van der Waals surface area contributed by atoms with E-state index in [9.17, 15) is 4.79 Å². The van der Waals surface area contributed by atoms with Gasteiger partial charge >= 0.3 is 0 Å². The number of aromatic nitrogens is 2. The van der Waals surface area contributed by atoms with E-state index < -0.39 is 0 Å². The number of carbonyl (C=O) groups excluding carboxylic acids is 1. The fourth-order valence-corrected chi connectivity index (χ4v) is 2.67. The lowest BCUT2D eigenvalue weighted by Crippen LogP contribution is -2.32. The Morgan fingerprint density at radius 2 is 1.92 bits per heavy atom. The van der Waals surface area contributed by atoms with E-state index in [1.807, 2.05) is 44.2 Å². The van der Waals surface area contributed by atoms with Gasteiger partial charge in [0.15, 0.2) is 5.76 Å². The fraction of sp³-hybridized carbons (Fsp3) is 0.263. The number of hydrogen-bond donors (Lipinski definition) is 0. The molecule has 0 spiro atoms. The van der Waals surface area contributed by atoms with Crippen LogP contribution in [0.5, 0.6) is 5.75 Å². The summed E-state index contributed by atoms with van der Waals surface area (Å²) in [6, 6.07) is 12.8. The molecule has 0 unspecified atom stereocenters. The lowest BCUT2D eigenvalue weighted by atomic mass is 10.2. The predicted molar refractivity (Wildman–Crippen MR) is 95.1 cm³/mol. The van der Waals surface area contributed by atoms with Crippen LogP contribution >= 0.6 is 0 Å². The first-order chi connectivity index (χ1) is 12.2. The van der Waals surface area contributed by atoms with Gasteiger partial charge in [-0.3, -0.25) is 4.79 Å². The summed E-state index contributed by atoms with van der Waals surface area (Å²) < 4.78 is 12.3. The summed E-state index contributed by atoms with van der Waals surface area (Å²) in [7, 11) is 1.62. The zero-order valence-corrected chi connectivity index (χ0v) is 14.6. The maximum Gasteiger partial charge on any atom is 0.272 e. The van der Waals surface area contributed by atoms with Crippen molar-refractivity contribution in [3.63, 3.8) is 0 Å². The minimum Gasteiger partial charge on any atom is -0.497 e. The van der Waals surface area contributed by atoms with Crippen LogP contribution in [-0.2, 0) is 0 Å². The quantitative estimate of drug-likeness (QED) is 0.688. The summed E-state index contributed by atoms with van der Waals surface area (Å²) in [4.78, 5) is 14.7. The Kier molecular flexibility index (Phi) is 4.88. The number of rotatable bonds is 6. The van der Waals surface area contributed by atoms with Gasteiger partial charge in [-0.25, -0.2) is 4.68 Å². The summed E-state index contributed by atoms with van der Waals surface area (Å²) in [6.07, 6.45) is 1.59. The molecule has 0 saturated carbocycles. The Bertz CT molecular complexity index is 831. The molecule has 25 heavy (non-hydrogen) atoms. The summed E-state index contributed by atoms with van der Waals surface area (Å²) in [5, 5.41) is 4.59. The van der Waals surface area contributed by atoms with Crippen molar-refractivity contribution in [3.05, 3.63) is 54.4 Å². The second kappa shape index (κ2) is 7.25. The molecule has 0 aliphatic carbocycles. The van der Waals surface area contributed by atoms with E-state index in [2.05, 4.69) is 5.10 Å². The van der Waals surface area contributed by atoms with Crippen molar-refractivity contribution < 1.29 is 13.9 Å². The van der Waals surface area contributed by atoms with Crippen LogP contribution in [0, 0.1) is 0 Å². The molecule has 0 saturated heterocycles. The first kappa shape index (κ1) is 16.8. The topological polar surface area (TPSA) is 60.5 Å². The highest BCUT2D eigenvalue weighted by Crippen LogP contribution is 2.24. The van der Waals surface area contributed by atoms with Crippen LogP contribution in [0.25, 0.3) is 17.1 Å². The molecule has 3 aromatic rings. The molecule has 6 heteroatoms. The summed E-state index contributed by atoms with van der Waals surface area (Å²) in [6.45, 7) is 5.20. The maximum absolute atomic E-state index is 12.9. The lowest BCUT2D eigenvalue weighted by molar-refractivity contribution is 0.0764. The van der Waals surface area contributed by atoms with E-state index in [4.69, 9.17) is 9.15 Å². The molecule has 0 fully saturated rings. The van der Waals surface area contributed by atoms with Crippen LogP contribution in [0.15, 0.2) is 53.1 Å². The lowest BCUT2D eigenvalue weighted by Gasteiger charge is -2.19. The molecule has 2 heterocycles. The first-order valence-corrected chi connectivity index (χ1v) is 8.25. The molecule has 0 N–H and O–H groups in total. The van der Waals surface area contributed by atoms with Crippen LogP contribution in [0.2, 0.25) is 0 Å². The van der Waals surface area contributed by atoms with Crippen molar-refractivity contribution in [2.45, 2.75) is 13.8 Å². The number of benzene rings is 1. The Labute approximate surface area is 146 Å². The first-order valence-electron chi connectivity index (χ1n) is 8.25. The monoisotopic (exact) mass is 339 g/mol. The third-order valence-electron chi connectivity index (χ3n) is 4.07. The van der Waals surface area contributed by atoms with Gasteiger partial charge in [0.2, 0.25) is 0 Å². The SMILES string of the molecule is CCN(CC)C(=O)c1cc(-c2ccco2)nn1-c1ccc(OC)cc1. The second-order valence-corrected chi connectivity index (χ2v) is 5.48. The highest BCUT2D eigenvalue weighted by Gasteiger charge is 2.22. The largest absolute Gasteiger partial charge is 0.497 e. The molecule has 6 nitrogen and oxygen atoms in total. The zero-order chi connectivity index (χ0) is 17.8. The average molecular weight is 339 g/mol.